The zero-order chi connectivity index (χ0) is 9.80. The fraction of sp³-hybridized carbons (Fsp3) is 0.182. The van der Waals surface area contributed by atoms with Gasteiger partial charge in [0, 0.05) is 12.7 Å². The molecule has 3 nitrogen and oxygen atoms in total. The minimum absolute atomic E-state index is 0. The van der Waals surface area contributed by atoms with Gasteiger partial charge in [-0.15, -0.1) is 12.4 Å². The summed E-state index contributed by atoms with van der Waals surface area (Å²) in [5.74, 6) is 0. The SMILES string of the molecule is Cl.NCc1ccnn1Cc1ccccc1. The van der Waals surface area contributed by atoms with Crippen LogP contribution in [0, 0.1) is 0 Å². The largest absolute Gasteiger partial charge is 0.325 e. The van der Waals surface area contributed by atoms with Crippen LogP contribution < -0.4 is 5.73 Å². The predicted molar refractivity (Wildman–Crippen MR) is 62.9 cm³/mol. The van der Waals surface area contributed by atoms with Gasteiger partial charge in [0.1, 0.15) is 0 Å². The monoisotopic (exact) mass is 223 g/mol. The molecule has 1 heterocycles. The number of nitrogens with zero attached hydrogens (tertiary/aromatic N) is 2. The van der Waals surface area contributed by atoms with Gasteiger partial charge in [0.2, 0.25) is 0 Å². The Bertz CT molecular complexity index is 397. The Kier molecular flexibility index (Phi) is 4.34. The van der Waals surface area contributed by atoms with Crippen LogP contribution in [0.5, 0.6) is 0 Å². The van der Waals surface area contributed by atoms with Crippen molar-refractivity contribution in [1.82, 2.24) is 9.78 Å². The Morgan fingerprint density at radius 2 is 1.87 bits per heavy atom. The summed E-state index contributed by atoms with van der Waals surface area (Å²) in [5.41, 5.74) is 7.89. The van der Waals surface area contributed by atoms with Crippen LogP contribution in [0.2, 0.25) is 0 Å². The standard InChI is InChI=1S/C11H13N3.ClH/c12-8-11-6-7-13-14(11)9-10-4-2-1-3-5-10;/h1-7H,8-9,12H2;1H. The van der Waals surface area contributed by atoms with E-state index in [1.165, 1.54) is 5.56 Å². The Balaban J connectivity index is 0.00000112. The van der Waals surface area contributed by atoms with E-state index in [4.69, 9.17) is 5.73 Å². The number of aromatic nitrogens is 2. The molecule has 0 amide bonds. The van der Waals surface area contributed by atoms with Crippen molar-refractivity contribution in [1.29, 1.82) is 0 Å². The Morgan fingerprint density at radius 1 is 1.13 bits per heavy atom. The highest BCUT2D eigenvalue weighted by atomic mass is 35.5. The summed E-state index contributed by atoms with van der Waals surface area (Å²) in [6.45, 7) is 1.33. The second-order valence-corrected chi connectivity index (χ2v) is 3.17. The average molecular weight is 224 g/mol. The van der Waals surface area contributed by atoms with Gasteiger partial charge in [-0.1, -0.05) is 30.3 Å². The molecule has 0 unspecified atom stereocenters. The van der Waals surface area contributed by atoms with Crippen molar-refractivity contribution < 1.29 is 0 Å². The second-order valence-electron chi connectivity index (χ2n) is 3.17. The first-order valence-corrected chi connectivity index (χ1v) is 4.65. The molecule has 2 aromatic rings. The van der Waals surface area contributed by atoms with Crippen LogP contribution in [0.1, 0.15) is 11.3 Å². The van der Waals surface area contributed by atoms with Crippen molar-refractivity contribution in [2.45, 2.75) is 13.1 Å². The summed E-state index contributed by atoms with van der Waals surface area (Å²) < 4.78 is 1.93. The number of benzene rings is 1. The molecule has 15 heavy (non-hydrogen) atoms. The van der Waals surface area contributed by atoms with E-state index >= 15 is 0 Å². The van der Waals surface area contributed by atoms with Crippen molar-refractivity contribution in [3.8, 4) is 0 Å². The summed E-state index contributed by atoms with van der Waals surface area (Å²) >= 11 is 0. The third-order valence-electron chi connectivity index (χ3n) is 2.19. The molecule has 0 bridgehead atoms. The van der Waals surface area contributed by atoms with Gasteiger partial charge in [0.25, 0.3) is 0 Å². The van der Waals surface area contributed by atoms with Crippen molar-refractivity contribution in [3.05, 3.63) is 53.9 Å². The lowest BCUT2D eigenvalue weighted by Crippen LogP contribution is -2.09. The summed E-state index contributed by atoms with van der Waals surface area (Å²) in [6.07, 6.45) is 1.78. The summed E-state index contributed by atoms with van der Waals surface area (Å²) in [6, 6.07) is 12.2. The predicted octanol–water partition coefficient (Wildman–Crippen LogP) is 1.81. The zero-order valence-electron chi connectivity index (χ0n) is 8.34. The van der Waals surface area contributed by atoms with Crippen molar-refractivity contribution in [3.63, 3.8) is 0 Å². The van der Waals surface area contributed by atoms with E-state index in [2.05, 4.69) is 17.2 Å². The summed E-state index contributed by atoms with van der Waals surface area (Å²) in [5, 5.41) is 4.22. The van der Waals surface area contributed by atoms with Crippen LogP contribution in [-0.4, -0.2) is 9.78 Å². The Hall–Kier alpha value is -1.32. The van der Waals surface area contributed by atoms with E-state index in [1.807, 2.05) is 28.9 Å². The lowest BCUT2D eigenvalue weighted by Gasteiger charge is -2.05. The molecule has 0 aliphatic heterocycles. The topological polar surface area (TPSA) is 43.8 Å². The quantitative estimate of drug-likeness (QED) is 0.863. The lowest BCUT2D eigenvalue weighted by atomic mass is 10.2. The molecule has 1 aromatic heterocycles. The maximum Gasteiger partial charge on any atom is 0.0663 e. The molecular formula is C11H14ClN3. The number of halogens is 1. The van der Waals surface area contributed by atoms with Crippen molar-refractivity contribution in [2.24, 2.45) is 5.73 Å². The first-order chi connectivity index (χ1) is 6.90. The number of nitrogens with two attached hydrogens (primary N) is 1. The van der Waals surface area contributed by atoms with E-state index in [0.29, 0.717) is 6.54 Å². The number of hydrogen-bond donors (Lipinski definition) is 1. The number of rotatable bonds is 3. The number of hydrogen-bond acceptors (Lipinski definition) is 2. The molecule has 0 aliphatic rings. The van der Waals surface area contributed by atoms with Gasteiger partial charge in [0.05, 0.1) is 12.2 Å². The molecule has 0 fully saturated rings. The second kappa shape index (κ2) is 5.53. The van der Waals surface area contributed by atoms with Gasteiger partial charge in [-0.2, -0.15) is 5.10 Å². The van der Waals surface area contributed by atoms with E-state index in [9.17, 15) is 0 Å². The Labute approximate surface area is 95.3 Å². The van der Waals surface area contributed by atoms with E-state index in [0.717, 1.165) is 12.2 Å². The van der Waals surface area contributed by atoms with E-state index < -0.39 is 0 Å². The fourth-order valence-corrected chi connectivity index (χ4v) is 1.43. The van der Waals surface area contributed by atoms with E-state index in [1.54, 1.807) is 6.20 Å². The van der Waals surface area contributed by atoms with Crippen molar-refractivity contribution in [2.75, 3.05) is 0 Å². The van der Waals surface area contributed by atoms with Crippen LogP contribution in [0.15, 0.2) is 42.6 Å². The first kappa shape index (κ1) is 11.8. The first-order valence-electron chi connectivity index (χ1n) is 4.65. The minimum Gasteiger partial charge on any atom is -0.325 e. The van der Waals surface area contributed by atoms with Gasteiger partial charge < -0.3 is 5.73 Å². The molecule has 80 valence electrons. The molecule has 0 aliphatic carbocycles. The smallest absolute Gasteiger partial charge is 0.0663 e. The van der Waals surface area contributed by atoms with Crippen LogP contribution in [0.3, 0.4) is 0 Å². The van der Waals surface area contributed by atoms with E-state index in [-0.39, 0.29) is 12.4 Å². The maximum absolute atomic E-state index is 5.59. The van der Waals surface area contributed by atoms with Crippen LogP contribution in [0.25, 0.3) is 0 Å². The highest BCUT2D eigenvalue weighted by molar-refractivity contribution is 5.85. The molecule has 2 N–H and O–H groups in total. The van der Waals surface area contributed by atoms with Gasteiger partial charge in [0.15, 0.2) is 0 Å². The van der Waals surface area contributed by atoms with Crippen LogP contribution in [0.4, 0.5) is 0 Å². The molecular weight excluding hydrogens is 210 g/mol. The molecule has 0 radical (unpaired) electrons. The molecule has 0 saturated carbocycles. The normalized spacial score (nSPS) is 9.67. The molecule has 0 spiro atoms. The highest BCUT2D eigenvalue weighted by Crippen LogP contribution is 2.04. The lowest BCUT2D eigenvalue weighted by molar-refractivity contribution is 0.646. The zero-order valence-corrected chi connectivity index (χ0v) is 9.15. The van der Waals surface area contributed by atoms with Gasteiger partial charge >= 0.3 is 0 Å². The molecule has 4 heteroatoms. The van der Waals surface area contributed by atoms with Crippen LogP contribution >= 0.6 is 12.4 Å². The minimum atomic E-state index is 0. The maximum atomic E-state index is 5.59. The molecule has 2 rings (SSSR count). The molecule has 0 saturated heterocycles. The third kappa shape index (κ3) is 2.81. The Morgan fingerprint density at radius 3 is 2.53 bits per heavy atom. The van der Waals surface area contributed by atoms with Gasteiger partial charge in [-0.05, 0) is 11.6 Å². The highest BCUT2D eigenvalue weighted by Gasteiger charge is 2.00. The van der Waals surface area contributed by atoms with Gasteiger partial charge in [-0.3, -0.25) is 4.68 Å². The third-order valence-corrected chi connectivity index (χ3v) is 2.19. The molecule has 1 aromatic carbocycles. The molecule has 0 atom stereocenters. The fourth-order valence-electron chi connectivity index (χ4n) is 1.43. The van der Waals surface area contributed by atoms with Gasteiger partial charge in [-0.25, -0.2) is 0 Å². The van der Waals surface area contributed by atoms with Crippen molar-refractivity contribution >= 4 is 12.4 Å². The summed E-state index contributed by atoms with van der Waals surface area (Å²) in [7, 11) is 0. The average Bonchev–Trinajstić information content (AvgIpc) is 2.67. The van der Waals surface area contributed by atoms with Crippen LogP contribution in [-0.2, 0) is 13.1 Å². The summed E-state index contributed by atoms with van der Waals surface area (Å²) in [4.78, 5) is 0.